The van der Waals surface area contributed by atoms with Crippen molar-refractivity contribution in [3.63, 3.8) is 0 Å². The summed E-state index contributed by atoms with van der Waals surface area (Å²) < 4.78 is 71.4. The molecule has 2 amide bonds. The number of aromatic nitrogens is 4. The molecule has 2 aromatic heterocycles. The fourth-order valence-electron chi connectivity index (χ4n) is 6.13. The third-order valence-electron chi connectivity index (χ3n) is 9.65. The first-order valence-electron chi connectivity index (χ1n) is 19.8. The van der Waals surface area contributed by atoms with E-state index in [1.807, 2.05) is 0 Å². The van der Waals surface area contributed by atoms with Gasteiger partial charge in [0.15, 0.2) is 29.1 Å². The summed E-state index contributed by atoms with van der Waals surface area (Å²) in [6.07, 6.45) is -11.1. The molecule has 2 aliphatic rings. The summed E-state index contributed by atoms with van der Waals surface area (Å²) in [5.74, 6) is -1.92. The van der Waals surface area contributed by atoms with Gasteiger partial charge in [0.25, 0.3) is 15.6 Å². The fourth-order valence-corrected chi connectivity index (χ4v) is 9.57. The molecule has 4 heterocycles. The summed E-state index contributed by atoms with van der Waals surface area (Å²) in [5, 5.41) is 45.4. The average Bonchev–Trinajstić information content (AvgIpc) is 3.78. The summed E-state index contributed by atoms with van der Waals surface area (Å²) in [6.45, 7) is 1.46. The highest BCUT2D eigenvalue weighted by Gasteiger charge is 2.47. The number of imidazole rings is 1. The van der Waals surface area contributed by atoms with Gasteiger partial charge in [0.2, 0.25) is 11.8 Å². The minimum absolute atomic E-state index is 0.0283. The number of phosphoric acid groups is 3. The van der Waals surface area contributed by atoms with Crippen molar-refractivity contribution in [2.45, 2.75) is 108 Å². The molecule has 2 aliphatic heterocycles. The fraction of sp³-hybridized carbons (Fsp3) is 0.727. The highest BCUT2D eigenvalue weighted by molar-refractivity contribution is 8.13. The summed E-state index contributed by atoms with van der Waals surface area (Å²) in [4.78, 5) is 109. The van der Waals surface area contributed by atoms with E-state index in [9.17, 15) is 72.9 Å². The third-order valence-corrected chi connectivity index (χ3v) is 13.5. The second-order valence-electron chi connectivity index (χ2n) is 15.5. The van der Waals surface area contributed by atoms with Crippen molar-refractivity contribution in [3.8, 4) is 0 Å². The maximum Gasteiger partial charge on any atom is 0.274 e. The maximum atomic E-state index is 12.6. The number of fused-ring (bicyclic) bond motifs is 1. The van der Waals surface area contributed by atoms with Crippen molar-refractivity contribution in [2.75, 3.05) is 44.4 Å². The molecule has 0 bridgehead atoms. The van der Waals surface area contributed by atoms with E-state index < -0.39 is 114 Å². The molecule has 0 radical (unpaired) electrons. The van der Waals surface area contributed by atoms with Crippen molar-refractivity contribution in [3.05, 3.63) is 12.7 Å². The number of carbonyl (C=O) groups excluding carboxylic acids is 4. The third kappa shape index (κ3) is 16.9. The molecule has 0 saturated carbocycles. The van der Waals surface area contributed by atoms with Crippen molar-refractivity contribution < 1.29 is 105 Å². The van der Waals surface area contributed by atoms with Crippen LogP contribution in [0.25, 0.3) is 11.2 Å². The van der Waals surface area contributed by atoms with E-state index >= 15 is 0 Å². The Labute approximate surface area is 379 Å². The van der Waals surface area contributed by atoms with Gasteiger partial charge in [-0.15, -0.1) is 0 Å². The SMILES string of the molecule is C[C@@H]1O[C@@H](OCCCC(=O)CC(=O)SCCNC(=O)CCNC(=O)[C@H](O)C(C)(C)COP(=O)([O-])OP(=O)([O-])OC[C@H]2O[C@@H](n3cnc4c(N)ncnc43)[C@H](O)[C@@H]2OP(=O)([O-])[O-])[C@H](O)C[C@H]1O. The molecule has 11 atom stereocenters. The summed E-state index contributed by atoms with van der Waals surface area (Å²) in [7, 11) is -17.7. The first-order valence-corrected chi connectivity index (χ1v) is 25.2. The van der Waals surface area contributed by atoms with E-state index in [0.29, 0.717) is 0 Å². The number of nitrogens with two attached hydrogens (primary N) is 1. The zero-order valence-corrected chi connectivity index (χ0v) is 38.9. The minimum Gasteiger partial charge on any atom is -0.790 e. The van der Waals surface area contributed by atoms with Gasteiger partial charge in [-0.05, 0) is 13.3 Å². The Morgan fingerprint density at radius 1 is 1.00 bits per heavy atom. The number of aliphatic hydroxyl groups is 4. The lowest BCUT2D eigenvalue weighted by atomic mass is 9.87. The molecule has 2 unspecified atom stereocenters. The van der Waals surface area contributed by atoms with Crippen LogP contribution in [0.3, 0.4) is 0 Å². The number of Topliss-reactive ketones (excluding diaryl/α,β-unsaturated/α-hetero) is 1. The van der Waals surface area contributed by atoms with Crippen LogP contribution in [0.5, 0.6) is 0 Å². The smallest absolute Gasteiger partial charge is 0.274 e. The topological polar surface area (TPSA) is 451 Å². The molecule has 8 N–H and O–H groups in total. The Kier molecular flexibility index (Phi) is 20.3. The molecule has 66 heavy (non-hydrogen) atoms. The van der Waals surface area contributed by atoms with Crippen LogP contribution < -0.4 is 35.9 Å². The second kappa shape index (κ2) is 24.1. The lowest BCUT2D eigenvalue weighted by molar-refractivity contribution is -0.347. The number of hydrogen-bond donors (Lipinski definition) is 7. The van der Waals surface area contributed by atoms with Gasteiger partial charge in [0, 0.05) is 43.5 Å². The molecule has 33 heteroatoms. The van der Waals surface area contributed by atoms with Crippen molar-refractivity contribution in [1.29, 1.82) is 0 Å². The summed E-state index contributed by atoms with van der Waals surface area (Å²) >= 11 is 0.821. The monoisotopic (exact) mass is 1020 g/mol. The van der Waals surface area contributed by atoms with Crippen LogP contribution in [0.2, 0.25) is 0 Å². The largest absolute Gasteiger partial charge is 0.790 e. The van der Waals surface area contributed by atoms with Gasteiger partial charge in [0.1, 0.15) is 48.1 Å². The highest BCUT2D eigenvalue weighted by Crippen LogP contribution is 2.56. The molecule has 29 nitrogen and oxygen atoms in total. The Bertz CT molecular complexity index is 2150. The first kappa shape index (κ1) is 55.7. The number of anilines is 1. The van der Waals surface area contributed by atoms with Gasteiger partial charge in [0.05, 0.1) is 52.6 Å². The number of ether oxygens (including phenoxy) is 3. The first-order chi connectivity index (χ1) is 30.7. The molecular weight excluding hydrogens is 971 g/mol. The van der Waals surface area contributed by atoms with Gasteiger partial charge in [-0.25, -0.2) is 19.3 Å². The minimum atomic E-state index is -5.95. The van der Waals surface area contributed by atoms with E-state index in [-0.39, 0.29) is 80.3 Å². The number of carbonyl (C=O) groups is 4. The lowest BCUT2D eigenvalue weighted by Gasteiger charge is -2.36. The van der Waals surface area contributed by atoms with E-state index in [4.69, 9.17) is 19.9 Å². The van der Waals surface area contributed by atoms with Crippen LogP contribution in [0.1, 0.15) is 59.1 Å². The standard InChI is InChI=1S/C33H54N7O22P3S/c1-17-19(42)12-20(43)32(59-17)56-9-4-5-18(41)11-23(45)66-10-8-35-22(44)6-7-36-30(48)27(47)33(2,3)14-58-65(54,55)62-64(52,53)57-13-21-26(61-63(49,50)51)25(46)31(60-21)40-16-39-24-28(34)37-15-38-29(24)40/h15-17,19-21,25-27,31-32,42-43,46-47H,4-14H2,1-3H3,(H,35,44)(H,36,48)(H,52,53)(H,54,55)(H2,34,37,38)(H2,49,50,51)/p-4/t17-,19+,20+,21+,25+,26+,27-,31+,32+/m0/s1. The van der Waals surface area contributed by atoms with E-state index in [2.05, 4.69) is 43.5 Å². The Morgan fingerprint density at radius 2 is 1.70 bits per heavy atom. The molecule has 2 saturated heterocycles. The number of phosphoric ester groups is 3. The van der Waals surface area contributed by atoms with Gasteiger partial charge in [-0.2, -0.15) is 0 Å². The zero-order valence-electron chi connectivity index (χ0n) is 35.4. The van der Waals surface area contributed by atoms with Crippen LogP contribution in [-0.4, -0.2) is 150 Å². The number of hydrogen-bond acceptors (Lipinski definition) is 27. The van der Waals surface area contributed by atoms with Crippen LogP contribution >= 0.6 is 35.2 Å². The molecule has 0 aromatic carbocycles. The Balaban J connectivity index is 1.13. The molecule has 0 aliphatic carbocycles. The van der Waals surface area contributed by atoms with E-state index in [1.165, 1.54) is 13.8 Å². The second-order valence-corrected chi connectivity index (χ2v) is 20.7. The molecule has 374 valence electrons. The van der Waals surface area contributed by atoms with Gasteiger partial charge in [-0.1, -0.05) is 25.6 Å². The van der Waals surface area contributed by atoms with E-state index in [0.717, 1.165) is 29.0 Å². The van der Waals surface area contributed by atoms with Crippen molar-refractivity contribution in [2.24, 2.45) is 5.41 Å². The van der Waals surface area contributed by atoms with Crippen LogP contribution in [0.4, 0.5) is 5.82 Å². The predicted octanol–water partition coefficient (Wildman–Crippen LogP) is -4.25. The zero-order chi connectivity index (χ0) is 49.2. The van der Waals surface area contributed by atoms with Crippen LogP contribution in [-0.2, 0) is 65.0 Å². The number of thioether (sulfide) groups is 1. The Hall–Kier alpha value is -2.93. The number of rotatable bonds is 26. The van der Waals surface area contributed by atoms with Crippen molar-refractivity contribution >= 4 is 74.9 Å². The van der Waals surface area contributed by atoms with Gasteiger partial charge >= 0.3 is 0 Å². The van der Waals surface area contributed by atoms with Gasteiger partial charge in [-0.3, -0.25) is 32.9 Å². The molecular formula is C33H50N7O22P3S-4. The predicted molar refractivity (Wildman–Crippen MR) is 214 cm³/mol. The number of amides is 2. The van der Waals surface area contributed by atoms with E-state index in [1.54, 1.807) is 6.92 Å². The Morgan fingerprint density at radius 3 is 2.39 bits per heavy atom. The molecule has 2 fully saturated rings. The summed E-state index contributed by atoms with van der Waals surface area (Å²) in [6, 6.07) is 0. The number of aliphatic hydroxyl groups excluding tert-OH is 4. The lowest BCUT2D eigenvalue weighted by Crippen LogP contribution is -2.47. The summed E-state index contributed by atoms with van der Waals surface area (Å²) in [5.41, 5.74) is 3.99. The number of nitrogens with one attached hydrogen (secondary N) is 2. The molecule has 4 rings (SSSR count). The van der Waals surface area contributed by atoms with Crippen LogP contribution in [0.15, 0.2) is 12.7 Å². The van der Waals surface area contributed by atoms with Crippen LogP contribution in [0, 0.1) is 5.41 Å². The number of ketones is 1. The quantitative estimate of drug-likeness (QED) is 0.0267. The van der Waals surface area contributed by atoms with Gasteiger partial charge < -0.3 is 88.7 Å². The number of nitrogen functional groups attached to an aromatic ring is 1. The van der Waals surface area contributed by atoms with Crippen molar-refractivity contribution in [1.82, 2.24) is 30.2 Å². The highest BCUT2D eigenvalue weighted by atomic mass is 32.2. The average molecular weight is 1020 g/mol. The molecule has 0 spiro atoms. The number of nitrogens with zero attached hydrogens (tertiary/aromatic N) is 4. The molecule has 2 aromatic rings. The maximum absolute atomic E-state index is 12.6. The normalized spacial score (nSPS) is 26.0.